The van der Waals surface area contributed by atoms with E-state index in [2.05, 4.69) is 10.3 Å². The molecule has 0 radical (unpaired) electrons. The zero-order chi connectivity index (χ0) is 15.2. The summed E-state index contributed by atoms with van der Waals surface area (Å²) in [5.74, 6) is 0.748. The number of carbonyl (C=O) groups excluding carboxylic acids is 1. The van der Waals surface area contributed by atoms with Crippen LogP contribution in [0.5, 0.6) is 0 Å². The Morgan fingerprint density at radius 3 is 2.71 bits per heavy atom. The summed E-state index contributed by atoms with van der Waals surface area (Å²) in [5.41, 5.74) is 8.61. The molecule has 4 nitrogen and oxygen atoms in total. The number of thioether (sulfide) groups is 1. The van der Waals surface area contributed by atoms with Crippen molar-refractivity contribution in [2.24, 2.45) is 5.73 Å². The maximum atomic E-state index is 11.9. The third kappa shape index (κ3) is 4.56. The molecule has 0 spiro atoms. The van der Waals surface area contributed by atoms with Gasteiger partial charge in [-0.2, -0.15) is 11.8 Å². The monoisotopic (exact) mass is 321 g/mol. The molecule has 0 aliphatic rings. The zero-order valence-corrected chi connectivity index (χ0v) is 13.8. The van der Waals surface area contributed by atoms with Gasteiger partial charge in [-0.05, 0) is 37.5 Å². The molecule has 0 saturated heterocycles. The summed E-state index contributed by atoms with van der Waals surface area (Å²) in [7, 11) is 0. The summed E-state index contributed by atoms with van der Waals surface area (Å²) in [5, 5.41) is 5.92. The van der Waals surface area contributed by atoms with Gasteiger partial charge in [0.05, 0.1) is 16.7 Å². The molecule has 1 aromatic carbocycles. The number of hydrogen-bond donors (Lipinski definition) is 2. The van der Waals surface area contributed by atoms with Crippen LogP contribution in [0, 0.1) is 6.92 Å². The number of carbonyl (C=O) groups is 1. The molecule has 0 saturated carbocycles. The van der Waals surface area contributed by atoms with E-state index in [1.54, 1.807) is 23.1 Å². The summed E-state index contributed by atoms with van der Waals surface area (Å²) < 4.78 is 0. The third-order valence-corrected chi connectivity index (χ3v) is 4.45. The van der Waals surface area contributed by atoms with Crippen molar-refractivity contribution >= 4 is 34.7 Å². The van der Waals surface area contributed by atoms with Gasteiger partial charge in [0.2, 0.25) is 5.91 Å². The van der Waals surface area contributed by atoms with Gasteiger partial charge in [-0.3, -0.25) is 4.79 Å². The van der Waals surface area contributed by atoms with Crippen molar-refractivity contribution in [2.75, 3.05) is 17.3 Å². The third-order valence-electron chi connectivity index (χ3n) is 3.04. The van der Waals surface area contributed by atoms with Gasteiger partial charge in [-0.25, -0.2) is 4.98 Å². The molecule has 2 rings (SSSR count). The highest BCUT2D eigenvalue weighted by atomic mass is 32.2. The summed E-state index contributed by atoms with van der Waals surface area (Å²) in [6.07, 6.45) is 2.69. The number of nitrogens with one attached hydrogen (secondary N) is 1. The van der Waals surface area contributed by atoms with Crippen molar-refractivity contribution in [2.45, 2.75) is 19.4 Å². The average molecular weight is 321 g/mol. The lowest BCUT2D eigenvalue weighted by molar-refractivity contribution is -0.117. The van der Waals surface area contributed by atoms with Crippen molar-refractivity contribution in [1.29, 1.82) is 0 Å². The molecule has 2 aromatic rings. The van der Waals surface area contributed by atoms with E-state index in [4.69, 9.17) is 5.73 Å². The molecule has 112 valence electrons. The number of benzene rings is 1. The maximum Gasteiger partial charge on any atom is 0.241 e. The number of nitrogens with zero attached hydrogens (tertiary/aromatic N) is 1. The molecular formula is C15H19N3OS2. The van der Waals surface area contributed by atoms with E-state index in [-0.39, 0.29) is 5.91 Å². The van der Waals surface area contributed by atoms with Crippen molar-refractivity contribution in [1.82, 2.24) is 4.98 Å². The first kappa shape index (κ1) is 16.0. The van der Waals surface area contributed by atoms with Gasteiger partial charge in [0.25, 0.3) is 0 Å². The van der Waals surface area contributed by atoms with Crippen LogP contribution in [-0.2, 0) is 4.79 Å². The molecule has 21 heavy (non-hydrogen) atoms. The molecule has 1 amide bonds. The Morgan fingerprint density at radius 1 is 1.43 bits per heavy atom. The maximum absolute atomic E-state index is 11.9. The van der Waals surface area contributed by atoms with Crippen molar-refractivity contribution in [3.63, 3.8) is 0 Å². The highest BCUT2D eigenvalue weighted by Gasteiger charge is 2.13. The van der Waals surface area contributed by atoms with Gasteiger partial charge in [-0.1, -0.05) is 12.1 Å². The van der Waals surface area contributed by atoms with Crippen LogP contribution in [0.25, 0.3) is 11.3 Å². The number of aryl methyl sites for hydroxylation is 1. The molecule has 0 bridgehead atoms. The smallest absolute Gasteiger partial charge is 0.241 e. The average Bonchev–Trinajstić information content (AvgIpc) is 2.92. The fraction of sp³-hybridized carbons (Fsp3) is 0.333. The second-order valence-electron chi connectivity index (χ2n) is 4.71. The molecule has 3 N–H and O–H groups in total. The minimum atomic E-state index is -0.460. The van der Waals surface area contributed by atoms with E-state index in [0.717, 1.165) is 27.7 Å². The van der Waals surface area contributed by atoms with E-state index in [0.29, 0.717) is 6.42 Å². The van der Waals surface area contributed by atoms with Gasteiger partial charge in [0.1, 0.15) is 0 Å². The largest absolute Gasteiger partial charge is 0.325 e. The summed E-state index contributed by atoms with van der Waals surface area (Å²) in [6.45, 7) is 1.98. The summed E-state index contributed by atoms with van der Waals surface area (Å²) >= 11 is 3.32. The Hall–Kier alpha value is -1.37. The normalized spacial score (nSPS) is 12.1. The second-order valence-corrected chi connectivity index (χ2v) is 6.75. The fourth-order valence-electron chi connectivity index (χ4n) is 1.83. The quantitative estimate of drug-likeness (QED) is 0.857. The van der Waals surface area contributed by atoms with Crippen LogP contribution < -0.4 is 11.1 Å². The molecule has 1 heterocycles. The van der Waals surface area contributed by atoms with E-state index < -0.39 is 6.04 Å². The Balaban J connectivity index is 1.97. The van der Waals surface area contributed by atoms with Gasteiger partial charge in [0.15, 0.2) is 0 Å². The summed E-state index contributed by atoms with van der Waals surface area (Å²) in [6, 6.07) is 7.21. The summed E-state index contributed by atoms with van der Waals surface area (Å²) in [4.78, 5) is 16.4. The minimum Gasteiger partial charge on any atom is -0.325 e. The second kappa shape index (κ2) is 7.59. The number of anilines is 1. The minimum absolute atomic E-state index is 0.138. The lowest BCUT2D eigenvalue weighted by Crippen LogP contribution is -2.36. The van der Waals surface area contributed by atoms with Gasteiger partial charge < -0.3 is 11.1 Å². The lowest BCUT2D eigenvalue weighted by Gasteiger charge is -2.11. The molecule has 0 aliphatic carbocycles. The van der Waals surface area contributed by atoms with Gasteiger partial charge in [0, 0.05) is 16.6 Å². The first-order chi connectivity index (χ1) is 10.1. The Labute approximate surface area is 133 Å². The van der Waals surface area contributed by atoms with Crippen LogP contribution >= 0.6 is 23.1 Å². The first-order valence-corrected chi connectivity index (χ1v) is 8.95. The van der Waals surface area contributed by atoms with E-state index in [1.165, 1.54) is 0 Å². The van der Waals surface area contributed by atoms with Crippen molar-refractivity contribution < 1.29 is 4.79 Å². The molecular weight excluding hydrogens is 302 g/mol. The SMILES string of the molecule is CSCC[C@H](N)C(=O)Nc1ccc(-c2csc(C)n2)cc1. The van der Waals surface area contributed by atoms with E-state index in [1.807, 2.05) is 42.8 Å². The fourth-order valence-corrected chi connectivity index (χ4v) is 2.94. The van der Waals surface area contributed by atoms with Crippen molar-refractivity contribution in [3.8, 4) is 11.3 Å². The molecule has 1 aromatic heterocycles. The van der Waals surface area contributed by atoms with Crippen LogP contribution in [0.3, 0.4) is 0 Å². The van der Waals surface area contributed by atoms with Gasteiger partial charge >= 0.3 is 0 Å². The number of rotatable bonds is 6. The molecule has 0 unspecified atom stereocenters. The molecule has 0 aliphatic heterocycles. The number of hydrogen-bond acceptors (Lipinski definition) is 5. The van der Waals surface area contributed by atoms with Crippen LogP contribution in [0.1, 0.15) is 11.4 Å². The number of aromatic nitrogens is 1. The molecule has 1 atom stereocenters. The van der Waals surface area contributed by atoms with Crippen LogP contribution in [-0.4, -0.2) is 28.9 Å². The van der Waals surface area contributed by atoms with Crippen molar-refractivity contribution in [3.05, 3.63) is 34.7 Å². The van der Waals surface area contributed by atoms with Gasteiger partial charge in [-0.15, -0.1) is 11.3 Å². The topological polar surface area (TPSA) is 68.0 Å². The lowest BCUT2D eigenvalue weighted by atomic mass is 10.1. The number of thiazole rings is 1. The Morgan fingerprint density at radius 2 is 2.14 bits per heavy atom. The zero-order valence-electron chi connectivity index (χ0n) is 12.1. The predicted molar refractivity (Wildman–Crippen MR) is 91.9 cm³/mol. The standard InChI is InChI=1S/C15H19N3OS2/c1-10-17-14(9-21-10)11-3-5-12(6-4-11)18-15(19)13(16)7-8-20-2/h3-6,9,13H,7-8,16H2,1-2H3,(H,18,19)/t13-/m0/s1. The highest BCUT2D eigenvalue weighted by Crippen LogP contribution is 2.23. The number of amides is 1. The molecule has 0 fully saturated rings. The Bertz CT molecular complexity index is 595. The van der Waals surface area contributed by atoms with E-state index in [9.17, 15) is 4.79 Å². The first-order valence-electron chi connectivity index (χ1n) is 6.68. The van der Waals surface area contributed by atoms with E-state index >= 15 is 0 Å². The predicted octanol–water partition coefficient (Wildman–Crippen LogP) is 3.14. The highest BCUT2D eigenvalue weighted by molar-refractivity contribution is 7.98. The Kier molecular flexibility index (Phi) is 5.78. The molecule has 6 heteroatoms. The van der Waals surface area contributed by atoms with Crippen LogP contribution in [0.2, 0.25) is 0 Å². The number of nitrogens with two attached hydrogens (primary N) is 1. The van der Waals surface area contributed by atoms with Crippen LogP contribution in [0.15, 0.2) is 29.6 Å². The van der Waals surface area contributed by atoms with Crippen LogP contribution in [0.4, 0.5) is 5.69 Å².